The minimum Gasteiger partial charge on any atom is -0.0648 e. The average molecular weight is 331 g/mol. The molecule has 1 saturated carbocycles. The van der Waals surface area contributed by atoms with Gasteiger partial charge in [-0.25, -0.2) is 0 Å². The molecule has 0 heteroatoms. The van der Waals surface area contributed by atoms with Crippen molar-refractivity contribution in [2.24, 2.45) is 5.92 Å². The van der Waals surface area contributed by atoms with Crippen LogP contribution in [-0.2, 0) is 6.42 Å². The van der Waals surface area contributed by atoms with Crippen LogP contribution in [-0.4, -0.2) is 0 Å². The van der Waals surface area contributed by atoms with E-state index in [0.29, 0.717) is 5.92 Å². The van der Waals surface area contributed by atoms with E-state index in [2.05, 4.69) is 62.4 Å². The summed E-state index contributed by atoms with van der Waals surface area (Å²) in [5, 5.41) is 0. The number of fused-ring (bicyclic) bond motifs is 1. The van der Waals surface area contributed by atoms with Crippen molar-refractivity contribution in [3.8, 4) is 11.1 Å². The van der Waals surface area contributed by atoms with Gasteiger partial charge >= 0.3 is 0 Å². The lowest BCUT2D eigenvalue weighted by Crippen LogP contribution is -2.04. The number of rotatable bonds is 4. The number of allylic oxidation sites excluding steroid dienone is 1. The van der Waals surface area contributed by atoms with E-state index in [1.807, 2.05) is 0 Å². The molecule has 0 N–H and O–H groups in total. The van der Waals surface area contributed by atoms with E-state index in [1.54, 1.807) is 11.1 Å². The Morgan fingerprint density at radius 2 is 1.72 bits per heavy atom. The van der Waals surface area contributed by atoms with Crippen LogP contribution in [0.4, 0.5) is 0 Å². The van der Waals surface area contributed by atoms with Gasteiger partial charge in [-0.2, -0.15) is 0 Å². The molecule has 0 heterocycles. The van der Waals surface area contributed by atoms with Gasteiger partial charge in [0.15, 0.2) is 0 Å². The summed E-state index contributed by atoms with van der Waals surface area (Å²) < 4.78 is 0. The Labute approximate surface area is 153 Å². The van der Waals surface area contributed by atoms with Crippen molar-refractivity contribution in [3.63, 3.8) is 0 Å². The lowest BCUT2D eigenvalue weighted by atomic mass is 9.83. The standard InChI is InChI=1S/C25H30/c1-3-18(2)23-16-22-10-7-11-24(25(22)17-23)21-14-12-20(13-15-21)19-8-5-4-6-9-19/h7,10-15,17-19H,3-6,8-9,16H2,1-2H3. The van der Waals surface area contributed by atoms with Crippen LogP contribution in [0.2, 0.25) is 0 Å². The zero-order valence-corrected chi connectivity index (χ0v) is 15.7. The molecule has 0 aromatic heterocycles. The predicted octanol–water partition coefficient (Wildman–Crippen LogP) is 7.39. The Kier molecular flexibility index (Phi) is 4.79. The fourth-order valence-corrected chi connectivity index (χ4v) is 4.60. The van der Waals surface area contributed by atoms with Crippen molar-refractivity contribution in [2.75, 3.05) is 0 Å². The van der Waals surface area contributed by atoms with Gasteiger partial charge in [0.2, 0.25) is 0 Å². The molecule has 1 unspecified atom stereocenters. The highest BCUT2D eigenvalue weighted by Crippen LogP contribution is 2.38. The summed E-state index contributed by atoms with van der Waals surface area (Å²) >= 11 is 0. The van der Waals surface area contributed by atoms with Gasteiger partial charge in [-0.1, -0.05) is 87.2 Å². The first-order valence-electron chi connectivity index (χ1n) is 10.2. The number of benzene rings is 2. The van der Waals surface area contributed by atoms with Crippen molar-refractivity contribution < 1.29 is 0 Å². The molecule has 0 saturated heterocycles. The van der Waals surface area contributed by atoms with E-state index in [9.17, 15) is 0 Å². The van der Waals surface area contributed by atoms with Crippen LogP contribution in [0.5, 0.6) is 0 Å². The highest BCUT2D eigenvalue weighted by atomic mass is 14.2. The molecule has 2 aromatic carbocycles. The predicted molar refractivity (Wildman–Crippen MR) is 109 cm³/mol. The van der Waals surface area contributed by atoms with E-state index in [0.717, 1.165) is 12.3 Å². The fraction of sp³-hybridized carbons (Fsp3) is 0.440. The van der Waals surface area contributed by atoms with Crippen molar-refractivity contribution in [1.29, 1.82) is 0 Å². The van der Waals surface area contributed by atoms with Crippen molar-refractivity contribution >= 4 is 6.08 Å². The topological polar surface area (TPSA) is 0 Å². The molecule has 0 nitrogen and oxygen atoms in total. The van der Waals surface area contributed by atoms with Crippen molar-refractivity contribution in [3.05, 3.63) is 64.7 Å². The third-order valence-electron chi connectivity index (χ3n) is 6.46. The van der Waals surface area contributed by atoms with Crippen LogP contribution >= 0.6 is 0 Å². The summed E-state index contributed by atoms with van der Waals surface area (Å²) in [7, 11) is 0. The monoisotopic (exact) mass is 330 g/mol. The Balaban J connectivity index is 1.63. The molecule has 130 valence electrons. The van der Waals surface area contributed by atoms with Gasteiger partial charge in [0, 0.05) is 0 Å². The summed E-state index contributed by atoms with van der Waals surface area (Å²) in [6.45, 7) is 4.65. The maximum atomic E-state index is 2.47. The van der Waals surface area contributed by atoms with Crippen LogP contribution in [0.3, 0.4) is 0 Å². The Bertz CT molecular complexity index is 757. The molecule has 1 atom stereocenters. The minimum atomic E-state index is 0.689. The highest BCUT2D eigenvalue weighted by molar-refractivity contribution is 5.81. The second-order valence-corrected chi connectivity index (χ2v) is 8.04. The van der Waals surface area contributed by atoms with E-state index < -0.39 is 0 Å². The largest absolute Gasteiger partial charge is 0.0648 e. The third kappa shape index (κ3) is 3.32. The van der Waals surface area contributed by atoms with Crippen molar-refractivity contribution in [1.82, 2.24) is 0 Å². The summed E-state index contributed by atoms with van der Waals surface area (Å²) in [4.78, 5) is 0. The van der Waals surface area contributed by atoms with Gasteiger partial charge in [-0.05, 0) is 65.3 Å². The molecule has 2 aromatic rings. The molecular formula is C25H30. The lowest BCUT2D eigenvalue weighted by molar-refractivity contribution is 0.443. The SMILES string of the molecule is CCC(C)C1=Cc2c(cccc2-c2ccc(C3CCCCC3)cc2)C1. The molecule has 25 heavy (non-hydrogen) atoms. The molecule has 2 aliphatic rings. The Morgan fingerprint density at radius 1 is 0.960 bits per heavy atom. The van der Waals surface area contributed by atoms with Crippen LogP contribution < -0.4 is 0 Å². The van der Waals surface area contributed by atoms with Gasteiger partial charge in [-0.15, -0.1) is 0 Å². The average Bonchev–Trinajstić information content (AvgIpc) is 3.12. The van der Waals surface area contributed by atoms with E-state index in [-0.39, 0.29) is 0 Å². The summed E-state index contributed by atoms with van der Waals surface area (Å²) in [5.41, 5.74) is 8.90. The zero-order chi connectivity index (χ0) is 17.2. The van der Waals surface area contributed by atoms with Gasteiger partial charge < -0.3 is 0 Å². The Hall–Kier alpha value is -1.82. The molecule has 0 amide bonds. The summed E-state index contributed by atoms with van der Waals surface area (Å²) in [6, 6.07) is 16.3. The first kappa shape index (κ1) is 16.6. The van der Waals surface area contributed by atoms with E-state index in [1.165, 1.54) is 60.8 Å². The normalized spacial score (nSPS) is 18.7. The van der Waals surface area contributed by atoms with Crippen molar-refractivity contribution in [2.45, 2.75) is 64.7 Å². The number of hydrogen-bond acceptors (Lipinski definition) is 0. The molecule has 0 aliphatic heterocycles. The van der Waals surface area contributed by atoms with Gasteiger partial charge in [0.05, 0.1) is 0 Å². The van der Waals surface area contributed by atoms with Gasteiger partial charge in [-0.3, -0.25) is 0 Å². The minimum absolute atomic E-state index is 0.689. The third-order valence-corrected chi connectivity index (χ3v) is 6.46. The second-order valence-electron chi connectivity index (χ2n) is 8.04. The molecule has 4 rings (SSSR count). The second kappa shape index (κ2) is 7.20. The van der Waals surface area contributed by atoms with Crippen LogP contribution in [0.25, 0.3) is 17.2 Å². The first-order valence-corrected chi connectivity index (χ1v) is 10.2. The summed E-state index contributed by atoms with van der Waals surface area (Å²) in [6.07, 6.45) is 11.8. The van der Waals surface area contributed by atoms with Crippen LogP contribution in [0.15, 0.2) is 48.0 Å². The smallest absolute Gasteiger partial charge is 0.00549 e. The highest BCUT2D eigenvalue weighted by Gasteiger charge is 2.20. The lowest BCUT2D eigenvalue weighted by Gasteiger charge is -2.22. The Morgan fingerprint density at radius 3 is 2.44 bits per heavy atom. The maximum Gasteiger partial charge on any atom is -0.00549 e. The van der Waals surface area contributed by atoms with Crippen LogP contribution in [0.1, 0.15) is 75.0 Å². The van der Waals surface area contributed by atoms with Gasteiger partial charge in [0.1, 0.15) is 0 Å². The van der Waals surface area contributed by atoms with Gasteiger partial charge in [0.25, 0.3) is 0 Å². The molecule has 2 aliphatic carbocycles. The maximum absolute atomic E-state index is 2.47. The van der Waals surface area contributed by atoms with E-state index >= 15 is 0 Å². The summed E-state index contributed by atoms with van der Waals surface area (Å²) in [5.74, 6) is 1.48. The first-order chi connectivity index (χ1) is 12.3. The molecule has 0 bridgehead atoms. The van der Waals surface area contributed by atoms with E-state index in [4.69, 9.17) is 0 Å². The molecule has 0 radical (unpaired) electrons. The van der Waals surface area contributed by atoms with Crippen LogP contribution in [0, 0.1) is 5.92 Å². The quantitative estimate of drug-likeness (QED) is 0.548. The molecule has 0 spiro atoms. The molecule has 1 fully saturated rings. The number of hydrogen-bond donors (Lipinski definition) is 0. The fourth-order valence-electron chi connectivity index (χ4n) is 4.60. The zero-order valence-electron chi connectivity index (χ0n) is 15.7. The molecular weight excluding hydrogens is 300 g/mol.